The van der Waals surface area contributed by atoms with Gasteiger partial charge in [-0.2, -0.15) is 0 Å². The summed E-state index contributed by atoms with van der Waals surface area (Å²) in [5, 5.41) is 0. The van der Waals surface area contributed by atoms with Crippen molar-refractivity contribution in [2.75, 3.05) is 6.67 Å². The van der Waals surface area contributed by atoms with Gasteiger partial charge in [-0.3, -0.25) is 0 Å². The lowest BCUT2D eigenvalue weighted by atomic mass is 9.86. The highest BCUT2D eigenvalue weighted by molar-refractivity contribution is 9.10. The minimum Gasteiger partial charge on any atom is -0.462 e. The Balaban J connectivity index is 2.16. The topological polar surface area (TPSA) is 47.6 Å². The molecule has 0 saturated heterocycles. The number of hydrogen-bond donors (Lipinski definition) is 1. The zero-order valence-electron chi connectivity index (χ0n) is 9.37. The fraction of sp³-hybridized carbons (Fsp3) is 0.417. The monoisotopic (exact) mass is 316 g/mol. The molecule has 2 aliphatic rings. The molecule has 2 N–H and O–H groups in total. The Kier molecular flexibility index (Phi) is 2.59. The summed E-state index contributed by atoms with van der Waals surface area (Å²) in [6, 6.07) is 4.37. The van der Waals surface area contributed by atoms with Gasteiger partial charge < -0.3 is 10.5 Å². The molecule has 1 saturated carbocycles. The number of rotatable bonds is 2. The van der Waals surface area contributed by atoms with E-state index in [2.05, 4.69) is 20.9 Å². The van der Waals surface area contributed by atoms with Crippen molar-refractivity contribution < 1.29 is 13.5 Å². The van der Waals surface area contributed by atoms with Crippen LogP contribution < -0.4 is 5.73 Å². The second-order valence-corrected chi connectivity index (χ2v) is 5.55. The lowest BCUT2D eigenvalue weighted by Gasteiger charge is -2.31. The van der Waals surface area contributed by atoms with Crippen LogP contribution in [0.1, 0.15) is 12.0 Å². The number of fused-ring (bicyclic) bond motifs is 1. The third-order valence-corrected chi connectivity index (χ3v) is 4.02. The normalized spacial score (nSPS) is 33.4. The van der Waals surface area contributed by atoms with Crippen molar-refractivity contribution in [3.63, 3.8) is 0 Å². The zero-order valence-corrected chi connectivity index (χ0v) is 11.0. The molecular weight excluding hydrogens is 306 g/mol. The summed E-state index contributed by atoms with van der Waals surface area (Å²) in [6.07, 6.45) is 0.511. The highest BCUT2D eigenvalue weighted by Gasteiger charge is 2.59. The van der Waals surface area contributed by atoms with E-state index in [9.17, 15) is 8.78 Å². The molecule has 96 valence electrons. The molecule has 3 rings (SSSR count). The number of alkyl halides is 1. The first-order chi connectivity index (χ1) is 8.56. The molecule has 1 heterocycles. The standard InChI is InChI=1S/C12H11BrF2N2O/c13-6-1-2-9(15)7(3-6)12(5-14)8-4-10(8)18-11(16)17-12/h1-3,8,10H,4-5H2,(H2,16,17)/t8-,10+,12+/m1/s1. The number of hydrogen-bond acceptors (Lipinski definition) is 3. The molecule has 18 heavy (non-hydrogen) atoms. The van der Waals surface area contributed by atoms with Gasteiger partial charge in [-0.05, 0) is 24.6 Å². The fourth-order valence-electron chi connectivity index (χ4n) is 2.56. The van der Waals surface area contributed by atoms with E-state index in [0.29, 0.717) is 10.9 Å². The van der Waals surface area contributed by atoms with Gasteiger partial charge in [-0.1, -0.05) is 15.9 Å². The highest BCUT2D eigenvalue weighted by Crippen LogP contribution is 2.53. The molecule has 1 aromatic rings. The van der Waals surface area contributed by atoms with Crippen molar-refractivity contribution in [1.29, 1.82) is 0 Å². The quantitative estimate of drug-likeness (QED) is 0.911. The Hall–Kier alpha value is -1.17. The summed E-state index contributed by atoms with van der Waals surface area (Å²) < 4.78 is 33.5. The molecule has 0 unspecified atom stereocenters. The molecule has 1 aliphatic heterocycles. The smallest absolute Gasteiger partial charge is 0.283 e. The predicted molar refractivity (Wildman–Crippen MR) is 66.4 cm³/mol. The molecule has 0 amide bonds. The molecule has 3 atom stereocenters. The summed E-state index contributed by atoms with van der Waals surface area (Å²) >= 11 is 3.26. The summed E-state index contributed by atoms with van der Waals surface area (Å²) in [5.41, 5.74) is 4.55. The van der Waals surface area contributed by atoms with Gasteiger partial charge in [-0.25, -0.2) is 13.8 Å². The third-order valence-electron chi connectivity index (χ3n) is 3.53. The third kappa shape index (κ3) is 1.62. The summed E-state index contributed by atoms with van der Waals surface area (Å²) in [4.78, 5) is 4.06. The van der Waals surface area contributed by atoms with Crippen LogP contribution in [-0.4, -0.2) is 18.8 Å². The zero-order chi connectivity index (χ0) is 12.9. The van der Waals surface area contributed by atoms with E-state index in [0.717, 1.165) is 0 Å². The fourth-order valence-corrected chi connectivity index (χ4v) is 2.92. The van der Waals surface area contributed by atoms with Gasteiger partial charge in [0.2, 0.25) is 0 Å². The van der Waals surface area contributed by atoms with E-state index in [-0.39, 0.29) is 23.6 Å². The van der Waals surface area contributed by atoms with Crippen LogP contribution in [0.15, 0.2) is 27.7 Å². The molecule has 0 radical (unpaired) electrons. The number of nitrogens with two attached hydrogens (primary N) is 1. The number of ether oxygens (including phenoxy) is 1. The van der Waals surface area contributed by atoms with Crippen molar-refractivity contribution in [3.05, 3.63) is 34.1 Å². The van der Waals surface area contributed by atoms with Gasteiger partial charge in [0.15, 0.2) is 0 Å². The van der Waals surface area contributed by atoms with Gasteiger partial charge in [0.25, 0.3) is 6.02 Å². The second-order valence-electron chi connectivity index (χ2n) is 4.63. The number of nitrogens with zero attached hydrogens (tertiary/aromatic N) is 1. The van der Waals surface area contributed by atoms with Crippen LogP contribution in [0.25, 0.3) is 0 Å². The summed E-state index contributed by atoms with van der Waals surface area (Å²) in [6.45, 7) is -0.786. The van der Waals surface area contributed by atoms with Gasteiger partial charge in [0, 0.05) is 16.0 Å². The van der Waals surface area contributed by atoms with Gasteiger partial charge in [-0.15, -0.1) is 0 Å². The minimum absolute atomic E-state index is 0.0641. The molecule has 1 aromatic carbocycles. The van der Waals surface area contributed by atoms with E-state index in [4.69, 9.17) is 10.5 Å². The Morgan fingerprint density at radius 3 is 3.06 bits per heavy atom. The van der Waals surface area contributed by atoms with Crippen molar-refractivity contribution in [2.24, 2.45) is 16.6 Å². The maximum atomic E-state index is 14.0. The van der Waals surface area contributed by atoms with E-state index in [1.807, 2.05) is 0 Å². The van der Waals surface area contributed by atoms with Crippen LogP contribution in [0.3, 0.4) is 0 Å². The molecule has 0 spiro atoms. The summed E-state index contributed by atoms with van der Waals surface area (Å²) in [5.74, 6) is -0.612. The average Bonchev–Trinajstić information content (AvgIpc) is 3.10. The minimum atomic E-state index is -1.24. The van der Waals surface area contributed by atoms with Gasteiger partial charge in [0.05, 0.1) is 0 Å². The Morgan fingerprint density at radius 1 is 1.56 bits per heavy atom. The first kappa shape index (κ1) is 11.9. The van der Waals surface area contributed by atoms with Crippen LogP contribution >= 0.6 is 15.9 Å². The van der Waals surface area contributed by atoms with Gasteiger partial charge >= 0.3 is 0 Å². The average molecular weight is 317 g/mol. The summed E-state index contributed by atoms with van der Waals surface area (Å²) in [7, 11) is 0. The van der Waals surface area contributed by atoms with Gasteiger partial charge in [0.1, 0.15) is 24.1 Å². The molecule has 3 nitrogen and oxygen atoms in total. The number of halogens is 3. The Labute approximate surface area is 111 Å². The lowest BCUT2D eigenvalue weighted by Crippen LogP contribution is -2.39. The first-order valence-corrected chi connectivity index (χ1v) is 6.39. The molecule has 0 aromatic heterocycles. The van der Waals surface area contributed by atoms with E-state index in [1.165, 1.54) is 6.07 Å². The van der Waals surface area contributed by atoms with E-state index >= 15 is 0 Å². The lowest BCUT2D eigenvalue weighted by molar-refractivity contribution is 0.168. The van der Waals surface area contributed by atoms with Crippen LogP contribution in [0, 0.1) is 11.7 Å². The predicted octanol–water partition coefficient (Wildman–Crippen LogP) is 2.49. The number of benzene rings is 1. The molecular formula is C12H11BrF2N2O. The Morgan fingerprint density at radius 2 is 2.33 bits per heavy atom. The first-order valence-electron chi connectivity index (χ1n) is 5.60. The molecule has 1 aliphatic carbocycles. The van der Waals surface area contributed by atoms with E-state index < -0.39 is 18.0 Å². The van der Waals surface area contributed by atoms with Crippen LogP contribution in [-0.2, 0) is 10.3 Å². The van der Waals surface area contributed by atoms with Crippen molar-refractivity contribution >= 4 is 22.0 Å². The second kappa shape index (κ2) is 3.91. The van der Waals surface area contributed by atoms with E-state index in [1.54, 1.807) is 12.1 Å². The maximum Gasteiger partial charge on any atom is 0.283 e. The van der Waals surface area contributed by atoms with Crippen LogP contribution in [0.2, 0.25) is 0 Å². The maximum absolute atomic E-state index is 14.0. The van der Waals surface area contributed by atoms with Crippen LogP contribution in [0.5, 0.6) is 0 Å². The highest BCUT2D eigenvalue weighted by atomic mass is 79.9. The molecule has 6 heteroatoms. The van der Waals surface area contributed by atoms with Crippen molar-refractivity contribution in [2.45, 2.75) is 18.1 Å². The number of aliphatic imine (C=N–C) groups is 1. The molecule has 1 fully saturated rings. The largest absolute Gasteiger partial charge is 0.462 e. The SMILES string of the molecule is NC1=N[C@@](CF)(c2cc(Br)ccc2F)[C@@H]2C[C@@H]2O1. The Bertz CT molecular complexity index is 537. The number of amidine groups is 1. The van der Waals surface area contributed by atoms with Crippen molar-refractivity contribution in [1.82, 2.24) is 0 Å². The van der Waals surface area contributed by atoms with Crippen LogP contribution in [0.4, 0.5) is 8.78 Å². The van der Waals surface area contributed by atoms with Crippen molar-refractivity contribution in [3.8, 4) is 0 Å². The molecule has 0 bridgehead atoms.